The maximum absolute atomic E-state index is 9.83. The van der Waals surface area contributed by atoms with Crippen LogP contribution >= 0.6 is 0 Å². The van der Waals surface area contributed by atoms with E-state index >= 15 is 0 Å². The normalized spacial score (nSPS) is 11.8. The highest BCUT2D eigenvalue weighted by molar-refractivity contribution is 5.40. The molecule has 4 heteroatoms. The minimum Gasteiger partial charge on any atom is -0.508 e. The molecule has 0 aliphatic rings. The van der Waals surface area contributed by atoms with Gasteiger partial charge < -0.3 is 5.11 Å². The quantitative estimate of drug-likeness (QED) is 0.878. The number of phenols is 1. The van der Waals surface area contributed by atoms with E-state index in [2.05, 4.69) is 16.4 Å². The van der Waals surface area contributed by atoms with Gasteiger partial charge in [-0.15, -0.1) is 0 Å². The summed E-state index contributed by atoms with van der Waals surface area (Å²) in [5, 5.41) is 22.2. The van der Waals surface area contributed by atoms with Gasteiger partial charge in [-0.25, -0.2) is 0 Å². The molecule has 0 radical (unpaired) electrons. The molecule has 19 heavy (non-hydrogen) atoms. The van der Waals surface area contributed by atoms with E-state index in [-0.39, 0.29) is 5.75 Å². The van der Waals surface area contributed by atoms with Gasteiger partial charge in [0.25, 0.3) is 0 Å². The monoisotopic (exact) mass is 253 g/mol. The highest BCUT2D eigenvalue weighted by Crippen LogP contribution is 2.25. The molecule has 0 aliphatic heterocycles. The lowest BCUT2D eigenvalue weighted by Crippen LogP contribution is -2.19. The van der Waals surface area contributed by atoms with Gasteiger partial charge in [0.15, 0.2) is 0 Å². The van der Waals surface area contributed by atoms with Crippen molar-refractivity contribution in [2.75, 3.05) is 0 Å². The van der Waals surface area contributed by atoms with Gasteiger partial charge in [-0.3, -0.25) is 10.3 Å². The van der Waals surface area contributed by atoms with E-state index in [4.69, 9.17) is 0 Å². The Hall–Kier alpha value is -2.38. The first-order valence-corrected chi connectivity index (χ1v) is 6.02. The Morgan fingerprint density at radius 1 is 1.32 bits per heavy atom. The number of aromatic hydroxyl groups is 1. The van der Waals surface area contributed by atoms with Gasteiger partial charge >= 0.3 is 0 Å². The van der Waals surface area contributed by atoms with Crippen LogP contribution in [0, 0.1) is 18.3 Å². The molecule has 2 rings (SSSR count). The van der Waals surface area contributed by atoms with E-state index in [1.54, 1.807) is 18.5 Å². The van der Waals surface area contributed by atoms with Crippen LogP contribution in [0.5, 0.6) is 5.75 Å². The van der Waals surface area contributed by atoms with E-state index in [1.165, 1.54) is 0 Å². The molecule has 1 aromatic carbocycles. The van der Waals surface area contributed by atoms with Crippen molar-refractivity contribution in [1.82, 2.24) is 10.3 Å². The molecule has 0 amide bonds. The highest BCUT2D eigenvalue weighted by atomic mass is 16.3. The molecule has 1 heterocycles. The van der Waals surface area contributed by atoms with Gasteiger partial charge in [-0.2, -0.15) is 5.26 Å². The van der Waals surface area contributed by atoms with Crippen LogP contribution in [0.25, 0.3) is 0 Å². The van der Waals surface area contributed by atoms with E-state index in [0.29, 0.717) is 12.1 Å². The van der Waals surface area contributed by atoms with Crippen molar-refractivity contribution in [1.29, 1.82) is 5.26 Å². The standard InChI is InChI=1S/C15H15N3O/c1-11-2-3-15(19)13(8-11)14(9-16)18-10-12-4-6-17-7-5-12/h2-8,14,18-19H,10H2,1H3. The summed E-state index contributed by atoms with van der Waals surface area (Å²) in [6.07, 6.45) is 3.42. The van der Waals surface area contributed by atoms with Crippen LogP contribution in [0.2, 0.25) is 0 Å². The smallest absolute Gasteiger partial charge is 0.125 e. The minimum absolute atomic E-state index is 0.138. The molecule has 96 valence electrons. The average Bonchev–Trinajstić information content (AvgIpc) is 2.44. The molecule has 0 spiro atoms. The Labute approximate surface area is 112 Å². The zero-order chi connectivity index (χ0) is 13.7. The Morgan fingerprint density at radius 2 is 2.05 bits per heavy atom. The lowest BCUT2D eigenvalue weighted by molar-refractivity contribution is 0.459. The van der Waals surface area contributed by atoms with Crippen molar-refractivity contribution >= 4 is 0 Å². The first-order chi connectivity index (χ1) is 9.20. The van der Waals surface area contributed by atoms with Crippen LogP contribution in [0.3, 0.4) is 0 Å². The highest BCUT2D eigenvalue weighted by Gasteiger charge is 2.14. The van der Waals surface area contributed by atoms with Crippen molar-refractivity contribution in [3.63, 3.8) is 0 Å². The summed E-state index contributed by atoms with van der Waals surface area (Å²) >= 11 is 0. The van der Waals surface area contributed by atoms with E-state index in [1.807, 2.05) is 31.2 Å². The van der Waals surface area contributed by atoms with Gasteiger partial charge in [-0.05, 0) is 36.8 Å². The summed E-state index contributed by atoms with van der Waals surface area (Å²) < 4.78 is 0. The zero-order valence-electron chi connectivity index (χ0n) is 10.7. The van der Waals surface area contributed by atoms with Gasteiger partial charge in [-0.1, -0.05) is 11.6 Å². The Balaban J connectivity index is 2.13. The van der Waals surface area contributed by atoms with Gasteiger partial charge in [0.1, 0.15) is 11.8 Å². The van der Waals surface area contributed by atoms with Crippen LogP contribution < -0.4 is 5.32 Å². The lowest BCUT2D eigenvalue weighted by Gasteiger charge is -2.14. The SMILES string of the molecule is Cc1ccc(O)c(C(C#N)NCc2ccncc2)c1. The number of nitrogens with zero attached hydrogens (tertiary/aromatic N) is 2. The largest absolute Gasteiger partial charge is 0.508 e. The number of phenolic OH excluding ortho intramolecular Hbond substituents is 1. The maximum Gasteiger partial charge on any atom is 0.125 e. The zero-order valence-corrected chi connectivity index (χ0v) is 10.7. The van der Waals surface area contributed by atoms with Crippen molar-refractivity contribution in [3.05, 3.63) is 59.4 Å². The Kier molecular flexibility index (Phi) is 4.11. The third kappa shape index (κ3) is 3.30. The summed E-state index contributed by atoms with van der Waals surface area (Å²) in [5.74, 6) is 0.138. The van der Waals surface area contributed by atoms with Crippen molar-refractivity contribution in [2.24, 2.45) is 0 Å². The van der Waals surface area contributed by atoms with Crippen LogP contribution in [-0.2, 0) is 6.54 Å². The van der Waals surface area contributed by atoms with Crippen LogP contribution in [0.15, 0.2) is 42.7 Å². The molecule has 1 aromatic heterocycles. The molecule has 2 aromatic rings. The van der Waals surface area contributed by atoms with Gasteiger partial charge in [0, 0.05) is 24.5 Å². The number of hydrogen-bond acceptors (Lipinski definition) is 4. The molecular formula is C15H15N3O. The molecule has 0 saturated carbocycles. The number of hydrogen-bond donors (Lipinski definition) is 2. The second kappa shape index (κ2) is 5.98. The van der Waals surface area contributed by atoms with Gasteiger partial charge in [0.05, 0.1) is 6.07 Å². The summed E-state index contributed by atoms with van der Waals surface area (Å²) in [5.41, 5.74) is 2.66. The van der Waals surface area contributed by atoms with E-state index in [9.17, 15) is 10.4 Å². The molecule has 4 nitrogen and oxygen atoms in total. The number of benzene rings is 1. The molecular weight excluding hydrogens is 238 g/mol. The van der Waals surface area contributed by atoms with Crippen molar-refractivity contribution < 1.29 is 5.11 Å². The van der Waals surface area contributed by atoms with Crippen molar-refractivity contribution in [2.45, 2.75) is 19.5 Å². The number of rotatable bonds is 4. The molecule has 0 saturated heterocycles. The number of aromatic nitrogens is 1. The predicted octanol–water partition coefficient (Wildman–Crippen LogP) is 2.45. The minimum atomic E-state index is -0.534. The number of aryl methyl sites for hydroxylation is 1. The van der Waals surface area contributed by atoms with Gasteiger partial charge in [0.2, 0.25) is 0 Å². The lowest BCUT2D eigenvalue weighted by atomic mass is 10.0. The third-order valence-corrected chi connectivity index (χ3v) is 2.88. The number of nitriles is 1. The van der Waals surface area contributed by atoms with Crippen LogP contribution in [0.1, 0.15) is 22.7 Å². The molecule has 1 unspecified atom stereocenters. The Morgan fingerprint density at radius 3 is 2.74 bits per heavy atom. The number of nitrogens with one attached hydrogen (secondary N) is 1. The molecule has 0 fully saturated rings. The van der Waals surface area contributed by atoms with Crippen LogP contribution in [-0.4, -0.2) is 10.1 Å². The Bertz CT molecular complexity index is 590. The fourth-order valence-electron chi connectivity index (χ4n) is 1.85. The maximum atomic E-state index is 9.83. The summed E-state index contributed by atoms with van der Waals surface area (Å²) in [6, 6.07) is 10.7. The summed E-state index contributed by atoms with van der Waals surface area (Å²) in [7, 11) is 0. The topological polar surface area (TPSA) is 68.9 Å². The second-order valence-corrected chi connectivity index (χ2v) is 4.36. The van der Waals surface area contributed by atoms with E-state index < -0.39 is 6.04 Å². The predicted molar refractivity (Wildman–Crippen MR) is 72.3 cm³/mol. The third-order valence-electron chi connectivity index (χ3n) is 2.88. The van der Waals surface area contributed by atoms with Crippen LogP contribution in [0.4, 0.5) is 0 Å². The number of pyridine rings is 1. The fraction of sp³-hybridized carbons (Fsp3) is 0.200. The molecule has 2 N–H and O–H groups in total. The molecule has 1 atom stereocenters. The molecule has 0 aliphatic carbocycles. The van der Waals surface area contributed by atoms with Crippen molar-refractivity contribution in [3.8, 4) is 11.8 Å². The summed E-state index contributed by atoms with van der Waals surface area (Å²) in [6.45, 7) is 2.48. The second-order valence-electron chi connectivity index (χ2n) is 4.36. The fourth-order valence-corrected chi connectivity index (χ4v) is 1.85. The van der Waals surface area contributed by atoms with E-state index in [0.717, 1.165) is 11.1 Å². The first kappa shape index (κ1) is 13.1. The first-order valence-electron chi connectivity index (χ1n) is 6.02. The average molecular weight is 253 g/mol. The molecule has 0 bridgehead atoms. The summed E-state index contributed by atoms with van der Waals surface area (Å²) in [4.78, 5) is 3.94.